The van der Waals surface area contributed by atoms with Crippen molar-refractivity contribution in [3.8, 4) is 0 Å². The number of aryl methyl sites for hydroxylation is 2. The van der Waals surface area contributed by atoms with E-state index in [-0.39, 0.29) is 24.2 Å². The van der Waals surface area contributed by atoms with Crippen LogP contribution in [-0.4, -0.2) is 17.7 Å². The molecule has 160 valence electrons. The van der Waals surface area contributed by atoms with Gasteiger partial charge in [0.05, 0.1) is 0 Å². The third-order valence-electron chi connectivity index (χ3n) is 4.59. The fourth-order valence-electron chi connectivity index (χ4n) is 2.92. The molecule has 3 N–H and O–H groups in total. The van der Waals surface area contributed by atoms with Crippen molar-refractivity contribution in [3.63, 3.8) is 0 Å². The first kappa shape index (κ1) is 23.6. The summed E-state index contributed by atoms with van der Waals surface area (Å²) in [6, 6.07) is 11.1. The predicted octanol–water partition coefficient (Wildman–Crippen LogP) is 4.54. The van der Waals surface area contributed by atoms with Crippen LogP contribution in [0.25, 0.3) is 0 Å². The van der Waals surface area contributed by atoms with Gasteiger partial charge in [0.25, 0.3) is 5.91 Å². The summed E-state index contributed by atoms with van der Waals surface area (Å²) < 4.78 is 0.831. The van der Waals surface area contributed by atoms with Gasteiger partial charge < -0.3 is 5.32 Å². The summed E-state index contributed by atoms with van der Waals surface area (Å²) in [6.07, 6.45) is -0.0233. The lowest BCUT2D eigenvalue weighted by Gasteiger charge is -2.21. The monoisotopic (exact) mass is 473 g/mol. The summed E-state index contributed by atoms with van der Waals surface area (Å²) in [4.78, 5) is 36.3. The Hall–Kier alpha value is -2.67. The van der Waals surface area contributed by atoms with Crippen LogP contribution >= 0.6 is 15.9 Å². The van der Waals surface area contributed by atoms with Crippen LogP contribution in [0.2, 0.25) is 0 Å². The van der Waals surface area contributed by atoms with Crippen molar-refractivity contribution < 1.29 is 14.4 Å². The third kappa shape index (κ3) is 6.69. The second kappa shape index (κ2) is 9.89. The molecule has 2 aromatic carbocycles. The van der Waals surface area contributed by atoms with E-state index < -0.39 is 11.8 Å². The second-order valence-corrected chi connectivity index (χ2v) is 9.17. The molecular weight excluding hydrogens is 446 g/mol. The Morgan fingerprint density at radius 2 is 1.57 bits per heavy atom. The first-order valence-corrected chi connectivity index (χ1v) is 10.5. The fourth-order valence-corrected chi connectivity index (χ4v) is 3.89. The molecule has 0 aliphatic rings. The zero-order valence-electron chi connectivity index (χ0n) is 18.0. The molecule has 2 aromatic rings. The highest BCUT2D eigenvalue weighted by atomic mass is 79.9. The fraction of sp³-hybridized carbons (Fsp3) is 0.348. The van der Waals surface area contributed by atoms with Gasteiger partial charge in [-0.1, -0.05) is 60.5 Å². The number of hydrogen-bond acceptors (Lipinski definition) is 3. The minimum absolute atomic E-state index is 0.0147. The minimum Gasteiger partial charge on any atom is -0.326 e. The van der Waals surface area contributed by atoms with Crippen molar-refractivity contribution in [1.29, 1.82) is 0 Å². The number of halogens is 1. The van der Waals surface area contributed by atoms with E-state index in [1.165, 1.54) is 0 Å². The van der Waals surface area contributed by atoms with Crippen LogP contribution in [0, 0.1) is 13.8 Å². The van der Waals surface area contributed by atoms with Crippen LogP contribution in [0.3, 0.4) is 0 Å². The van der Waals surface area contributed by atoms with Gasteiger partial charge in [-0.05, 0) is 48.6 Å². The van der Waals surface area contributed by atoms with E-state index in [0.29, 0.717) is 5.56 Å². The van der Waals surface area contributed by atoms with Gasteiger partial charge >= 0.3 is 0 Å². The van der Waals surface area contributed by atoms with E-state index in [2.05, 4.69) is 52.9 Å². The number of carbonyl (C=O) groups excluding carboxylic acids is 3. The van der Waals surface area contributed by atoms with Crippen LogP contribution in [0.15, 0.2) is 40.9 Å². The second-order valence-electron chi connectivity index (χ2n) is 8.31. The van der Waals surface area contributed by atoms with Crippen molar-refractivity contribution in [3.05, 3.63) is 63.1 Å². The molecular formula is C23H28BrN3O3. The zero-order valence-corrected chi connectivity index (χ0v) is 19.6. The number of benzene rings is 2. The van der Waals surface area contributed by atoms with Gasteiger partial charge in [0.1, 0.15) is 0 Å². The largest absolute Gasteiger partial charge is 0.326 e. The van der Waals surface area contributed by atoms with E-state index in [9.17, 15) is 14.4 Å². The highest BCUT2D eigenvalue weighted by molar-refractivity contribution is 9.10. The van der Waals surface area contributed by atoms with Crippen LogP contribution in [0.1, 0.15) is 60.7 Å². The first-order valence-electron chi connectivity index (χ1n) is 9.73. The molecule has 0 aromatic heterocycles. The van der Waals surface area contributed by atoms with Gasteiger partial charge in [0.2, 0.25) is 11.8 Å². The molecule has 30 heavy (non-hydrogen) atoms. The highest BCUT2D eigenvalue weighted by Gasteiger charge is 2.18. The summed E-state index contributed by atoms with van der Waals surface area (Å²) in [7, 11) is 0. The molecule has 0 heterocycles. The molecule has 0 atom stereocenters. The van der Waals surface area contributed by atoms with Crippen LogP contribution < -0.4 is 16.2 Å². The Balaban J connectivity index is 1.82. The van der Waals surface area contributed by atoms with E-state index in [1.54, 1.807) is 12.1 Å². The molecule has 0 fully saturated rings. The van der Waals surface area contributed by atoms with Crippen molar-refractivity contribution in [2.24, 2.45) is 0 Å². The molecule has 0 aliphatic heterocycles. The number of rotatable bonds is 5. The molecule has 0 unspecified atom stereocenters. The average Bonchev–Trinajstić information content (AvgIpc) is 2.65. The van der Waals surface area contributed by atoms with E-state index in [4.69, 9.17) is 0 Å². The van der Waals surface area contributed by atoms with E-state index >= 15 is 0 Å². The number of anilines is 1. The van der Waals surface area contributed by atoms with Crippen LogP contribution in [0.4, 0.5) is 5.69 Å². The van der Waals surface area contributed by atoms with Crippen molar-refractivity contribution in [1.82, 2.24) is 10.9 Å². The molecule has 0 radical (unpaired) electrons. The molecule has 0 saturated heterocycles. The number of amides is 3. The van der Waals surface area contributed by atoms with Crippen LogP contribution in [-0.2, 0) is 15.0 Å². The molecule has 0 spiro atoms. The highest BCUT2D eigenvalue weighted by Crippen LogP contribution is 2.30. The molecule has 0 aliphatic carbocycles. The first-order chi connectivity index (χ1) is 14.0. The standard InChI is InChI=1S/C23H28BrN3O3/c1-14-6-9-19(15(2)12-14)25-20(28)10-11-21(29)26-27-22(30)16-7-8-17(18(24)13-16)23(3,4)5/h6-9,12-13H,10-11H2,1-5H3,(H,25,28)(H,26,29)(H,27,30). The Labute approximate surface area is 185 Å². The van der Waals surface area contributed by atoms with Crippen molar-refractivity contribution in [2.45, 2.75) is 52.9 Å². The number of nitrogens with one attached hydrogen (secondary N) is 3. The van der Waals surface area contributed by atoms with Crippen molar-refractivity contribution >= 4 is 39.3 Å². The maximum absolute atomic E-state index is 12.3. The predicted molar refractivity (Wildman–Crippen MR) is 122 cm³/mol. The van der Waals surface area contributed by atoms with Crippen molar-refractivity contribution in [2.75, 3.05) is 5.32 Å². The maximum atomic E-state index is 12.3. The quantitative estimate of drug-likeness (QED) is 0.556. The lowest BCUT2D eigenvalue weighted by molar-refractivity contribution is -0.124. The smallest absolute Gasteiger partial charge is 0.269 e. The molecule has 0 saturated carbocycles. The minimum atomic E-state index is -0.440. The summed E-state index contributed by atoms with van der Waals surface area (Å²) >= 11 is 3.50. The maximum Gasteiger partial charge on any atom is 0.269 e. The zero-order chi connectivity index (χ0) is 22.5. The van der Waals surface area contributed by atoms with Gasteiger partial charge in [-0.15, -0.1) is 0 Å². The Bertz CT molecular complexity index is 965. The normalized spacial score (nSPS) is 11.0. The van der Waals surface area contributed by atoms with Gasteiger partial charge in [-0.2, -0.15) is 0 Å². The third-order valence-corrected chi connectivity index (χ3v) is 5.25. The van der Waals surface area contributed by atoms with Gasteiger partial charge in [0.15, 0.2) is 0 Å². The number of carbonyl (C=O) groups is 3. The van der Waals surface area contributed by atoms with Gasteiger partial charge in [-0.25, -0.2) is 0 Å². The molecule has 7 heteroatoms. The van der Waals surface area contributed by atoms with E-state index in [0.717, 1.165) is 26.9 Å². The topological polar surface area (TPSA) is 87.3 Å². The number of hydrazine groups is 1. The summed E-state index contributed by atoms with van der Waals surface area (Å²) in [5, 5.41) is 2.80. The van der Waals surface area contributed by atoms with Crippen LogP contribution in [0.5, 0.6) is 0 Å². The molecule has 2 rings (SSSR count). The molecule has 6 nitrogen and oxygen atoms in total. The lowest BCUT2D eigenvalue weighted by atomic mass is 9.86. The Kier molecular flexibility index (Phi) is 7.78. The SMILES string of the molecule is Cc1ccc(NC(=O)CCC(=O)NNC(=O)c2ccc(C(C)(C)C)c(Br)c2)c(C)c1. The Morgan fingerprint density at radius 1 is 0.900 bits per heavy atom. The average molecular weight is 474 g/mol. The summed E-state index contributed by atoms with van der Waals surface area (Å²) in [5.41, 5.74) is 8.98. The molecule has 0 bridgehead atoms. The summed E-state index contributed by atoms with van der Waals surface area (Å²) in [5.74, 6) is -1.13. The van der Waals surface area contributed by atoms with Gasteiger partial charge in [-0.3, -0.25) is 25.2 Å². The van der Waals surface area contributed by atoms with Gasteiger partial charge in [0, 0.05) is 28.6 Å². The van der Waals surface area contributed by atoms with E-state index in [1.807, 2.05) is 38.1 Å². The lowest BCUT2D eigenvalue weighted by Crippen LogP contribution is -2.41. The summed E-state index contributed by atoms with van der Waals surface area (Å²) in [6.45, 7) is 10.2. The Morgan fingerprint density at radius 3 is 2.17 bits per heavy atom. The molecule has 3 amide bonds. The number of hydrogen-bond donors (Lipinski definition) is 3.